The highest BCUT2D eigenvalue weighted by Crippen LogP contribution is 2.27. The summed E-state index contributed by atoms with van der Waals surface area (Å²) in [5, 5.41) is 9.39. The van der Waals surface area contributed by atoms with E-state index >= 15 is 0 Å². The van der Waals surface area contributed by atoms with Crippen molar-refractivity contribution in [2.45, 2.75) is 11.8 Å². The van der Waals surface area contributed by atoms with Crippen LogP contribution in [0.25, 0.3) is 0 Å². The highest BCUT2D eigenvalue weighted by molar-refractivity contribution is 7.89. The summed E-state index contributed by atoms with van der Waals surface area (Å²) < 4.78 is 26.6. The summed E-state index contributed by atoms with van der Waals surface area (Å²) in [6, 6.07) is 6.52. The Labute approximate surface area is 141 Å². The molecule has 0 aliphatic carbocycles. The van der Waals surface area contributed by atoms with Crippen molar-refractivity contribution >= 4 is 33.2 Å². The van der Waals surface area contributed by atoms with Gasteiger partial charge in [0.1, 0.15) is 0 Å². The maximum atomic E-state index is 12.6. The van der Waals surface area contributed by atoms with E-state index in [4.69, 9.17) is 28.5 Å². The van der Waals surface area contributed by atoms with Crippen molar-refractivity contribution in [1.82, 2.24) is 9.21 Å². The number of nitriles is 1. The van der Waals surface area contributed by atoms with Gasteiger partial charge in [-0.3, -0.25) is 4.90 Å². The molecule has 120 valence electrons. The van der Waals surface area contributed by atoms with Crippen LogP contribution in [0, 0.1) is 17.2 Å². The average molecular weight is 362 g/mol. The summed E-state index contributed by atoms with van der Waals surface area (Å²) >= 11 is 11.7. The van der Waals surface area contributed by atoms with Crippen LogP contribution in [0.5, 0.6) is 0 Å². The molecular formula is C14H17Cl2N3O2S. The van der Waals surface area contributed by atoms with E-state index in [-0.39, 0.29) is 15.8 Å². The van der Waals surface area contributed by atoms with Gasteiger partial charge in [-0.25, -0.2) is 8.42 Å². The number of hydrogen-bond donors (Lipinski definition) is 0. The maximum Gasteiger partial charge on any atom is 0.243 e. The Balaban J connectivity index is 2.06. The third-order valence-corrected chi connectivity index (χ3v) is 6.25. The fraction of sp³-hybridized carbons (Fsp3) is 0.500. The van der Waals surface area contributed by atoms with Crippen molar-refractivity contribution in [1.29, 1.82) is 5.26 Å². The fourth-order valence-corrected chi connectivity index (χ4v) is 4.18. The minimum absolute atomic E-state index is 0.0572. The van der Waals surface area contributed by atoms with Crippen LogP contribution in [0.4, 0.5) is 0 Å². The molecule has 5 nitrogen and oxygen atoms in total. The van der Waals surface area contributed by atoms with Gasteiger partial charge in [0.05, 0.1) is 26.9 Å². The minimum atomic E-state index is -3.56. The number of nitrogens with zero attached hydrogens (tertiary/aromatic N) is 3. The van der Waals surface area contributed by atoms with Gasteiger partial charge in [0, 0.05) is 32.7 Å². The fourth-order valence-electron chi connectivity index (χ4n) is 2.37. The summed E-state index contributed by atoms with van der Waals surface area (Å²) in [4.78, 5) is 2.26. The average Bonchev–Trinajstić information content (AvgIpc) is 2.50. The largest absolute Gasteiger partial charge is 0.299 e. The van der Waals surface area contributed by atoms with E-state index in [1.807, 2.05) is 6.92 Å². The van der Waals surface area contributed by atoms with Crippen LogP contribution in [0.3, 0.4) is 0 Å². The van der Waals surface area contributed by atoms with Gasteiger partial charge < -0.3 is 0 Å². The Morgan fingerprint density at radius 2 is 1.86 bits per heavy atom. The predicted octanol–water partition coefficient (Wildman–Crippen LogP) is 2.46. The molecule has 1 aliphatic heterocycles. The van der Waals surface area contributed by atoms with Gasteiger partial charge in [-0.15, -0.1) is 0 Å². The second-order valence-electron chi connectivity index (χ2n) is 5.31. The number of benzene rings is 1. The van der Waals surface area contributed by atoms with E-state index in [0.29, 0.717) is 37.7 Å². The molecule has 22 heavy (non-hydrogen) atoms. The molecule has 2 rings (SSSR count). The van der Waals surface area contributed by atoms with Crippen LogP contribution in [0.15, 0.2) is 23.1 Å². The van der Waals surface area contributed by atoms with Gasteiger partial charge in [0.15, 0.2) is 0 Å². The number of hydrogen-bond acceptors (Lipinski definition) is 4. The molecular weight excluding hydrogens is 345 g/mol. The lowest BCUT2D eigenvalue weighted by Gasteiger charge is -2.34. The van der Waals surface area contributed by atoms with Crippen molar-refractivity contribution in [2.24, 2.45) is 5.92 Å². The number of sulfonamides is 1. The monoisotopic (exact) mass is 361 g/mol. The molecule has 0 unspecified atom stereocenters. The van der Waals surface area contributed by atoms with Crippen molar-refractivity contribution in [3.63, 3.8) is 0 Å². The summed E-state index contributed by atoms with van der Waals surface area (Å²) in [5.74, 6) is -0.0572. The molecule has 0 radical (unpaired) electrons. The molecule has 1 saturated heterocycles. The summed E-state index contributed by atoms with van der Waals surface area (Å²) in [5.41, 5.74) is 0. The minimum Gasteiger partial charge on any atom is -0.299 e. The molecule has 0 spiro atoms. The predicted molar refractivity (Wildman–Crippen MR) is 86.4 cm³/mol. The van der Waals surface area contributed by atoms with E-state index < -0.39 is 10.0 Å². The Bertz CT molecular complexity index is 680. The summed E-state index contributed by atoms with van der Waals surface area (Å²) in [6.45, 7) is 4.57. The topological polar surface area (TPSA) is 64.4 Å². The third kappa shape index (κ3) is 3.92. The Morgan fingerprint density at radius 3 is 2.41 bits per heavy atom. The van der Waals surface area contributed by atoms with Crippen molar-refractivity contribution in [2.75, 3.05) is 32.7 Å². The van der Waals surface area contributed by atoms with E-state index in [1.54, 1.807) is 0 Å². The van der Waals surface area contributed by atoms with Crippen molar-refractivity contribution in [3.05, 3.63) is 28.2 Å². The first-order valence-electron chi connectivity index (χ1n) is 6.92. The molecule has 1 heterocycles. The zero-order chi connectivity index (χ0) is 16.3. The molecule has 0 N–H and O–H groups in total. The Kier molecular flexibility index (Phi) is 5.70. The lowest BCUT2D eigenvalue weighted by molar-refractivity contribution is 0.178. The molecule has 1 fully saturated rings. The van der Waals surface area contributed by atoms with E-state index in [2.05, 4.69) is 11.0 Å². The van der Waals surface area contributed by atoms with Gasteiger partial charge in [-0.2, -0.15) is 9.57 Å². The SMILES string of the molecule is C[C@@H](C#N)CN1CCN(S(=O)(=O)c2ccc(Cl)c(Cl)c2)CC1. The first-order chi connectivity index (χ1) is 10.3. The second-order valence-corrected chi connectivity index (χ2v) is 8.06. The molecule has 0 amide bonds. The van der Waals surface area contributed by atoms with Gasteiger partial charge in [-0.1, -0.05) is 23.2 Å². The maximum absolute atomic E-state index is 12.6. The number of halogens is 2. The quantitative estimate of drug-likeness (QED) is 0.825. The van der Waals surface area contributed by atoms with Gasteiger partial charge in [0.2, 0.25) is 10.0 Å². The van der Waals surface area contributed by atoms with Crippen molar-refractivity contribution in [3.8, 4) is 6.07 Å². The van der Waals surface area contributed by atoms with Gasteiger partial charge in [0.25, 0.3) is 0 Å². The zero-order valence-electron chi connectivity index (χ0n) is 12.2. The molecule has 0 bridgehead atoms. The zero-order valence-corrected chi connectivity index (χ0v) is 14.5. The molecule has 1 atom stereocenters. The van der Waals surface area contributed by atoms with E-state index in [0.717, 1.165) is 0 Å². The standard InChI is InChI=1S/C14H17Cl2N3O2S/c1-11(9-17)10-18-4-6-19(7-5-18)22(20,21)12-2-3-13(15)14(16)8-12/h2-3,8,11H,4-7,10H2,1H3/t11-/m0/s1. The molecule has 0 aromatic heterocycles. The van der Waals surface area contributed by atoms with E-state index in [1.165, 1.54) is 22.5 Å². The first kappa shape index (κ1) is 17.5. The highest BCUT2D eigenvalue weighted by atomic mass is 35.5. The lowest BCUT2D eigenvalue weighted by Crippen LogP contribution is -2.49. The van der Waals surface area contributed by atoms with Crippen LogP contribution in [0.2, 0.25) is 10.0 Å². The Morgan fingerprint density at radius 1 is 1.23 bits per heavy atom. The number of rotatable bonds is 4. The Hall–Kier alpha value is -0.840. The van der Waals surface area contributed by atoms with Crippen LogP contribution in [-0.2, 0) is 10.0 Å². The van der Waals surface area contributed by atoms with Crippen LogP contribution >= 0.6 is 23.2 Å². The number of piperazine rings is 1. The lowest BCUT2D eigenvalue weighted by atomic mass is 10.2. The van der Waals surface area contributed by atoms with Crippen LogP contribution in [0.1, 0.15) is 6.92 Å². The molecule has 8 heteroatoms. The molecule has 1 aliphatic rings. The highest BCUT2D eigenvalue weighted by Gasteiger charge is 2.29. The molecule has 1 aromatic rings. The summed E-state index contributed by atoms with van der Waals surface area (Å²) in [7, 11) is -3.56. The summed E-state index contributed by atoms with van der Waals surface area (Å²) in [6.07, 6.45) is 0. The third-order valence-electron chi connectivity index (χ3n) is 3.61. The van der Waals surface area contributed by atoms with Gasteiger partial charge >= 0.3 is 0 Å². The van der Waals surface area contributed by atoms with E-state index in [9.17, 15) is 8.42 Å². The smallest absolute Gasteiger partial charge is 0.243 e. The normalized spacial score (nSPS) is 18.8. The van der Waals surface area contributed by atoms with Gasteiger partial charge in [-0.05, 0) is 25.1 Å². The van der Waals surface area contributed by atoms with Crippen molar-refractivity contribution < 1.29 is 8.42 Å². The molecule has 1 aromatic carbocycles. The van der Waals surface area contributed by atoms with Crippen LogP contribution in [-0.4, -0.2) is 50.3 Å². The second kappa shape index (κ2) is 7.16. The van der Waals surface area contributed by atoms with Crippen LogP contribution < -0.4 is 0 Å². The molecule has 0 saturated carbocycles. The first-order valence-corrected chi connectivity index (χ1v) is 9.11.